The van der Waals surface area contributed by atoms with Gasteiger partial charge >= 0.3 is 0 Å². The van der Waals surface area contributed by atoms with Crippen molar-refractivity contribution >= 4 is 35.8 Å². The minimum absolute atomic E-state index is 0.166. The average Bonchev–Trinajstić information content (AvgIpc) is 2.37. The van der Waals surface area contributed by atoms with Gasteiger partial charge in [0.1, 0.15) is 0 Å². The quantitative estimate of drug-likeness (QED) is 0.801. The van der Waals surface area contributed by atoms with E-state index in [0.29, 0.717) is 15.5 Å². The molecule has 98 valence electrons. The van der Waals surface area contributed by atoms with E-state index < -0.39 is 17.5 Å². The van der Waals surface area contributed by atoms with Crippen LogP contribution in [-0.2, 0) is 0 Å². The van der Waals surface area contributed by atoms with Gasteiger partial charge in [-0.15, -0.1) is 12.6 Å². The van der Waals surface area contributed by atoms with Gasteiger partial charge in [-0.2, -0.15) is 0 Å². The van der Waals surface area contributed by atoms with Gasteiger partial charge in [0.05, 0.1) is 5.02 Å². The molecule has 2 nitrogen and oxygen atoms in total. The van der Waals surface area contributed by atoms with Crippen molar-refractivity contribution in [2.24, 2.45) is 0 Å². The van der Waals surface area contributed by atoms with Crippen molar-refractivity contribution in [3.8, 4) is 0 Å². The monoisotopic (exact) mass is 299 g/mol. The summed E-state index contributed by atoms with van der Waals surface area (Å²) < 4.78 is 25.7. The predicted octanol–water partition coefficient (Wildman–Crippen LogP) is 4.16. The van der Waals surface area contributed by atoms with Gasteiger partial charge in [0.15, 0.2) is 11.6 Å². The Morgan fingerprint density at radius 1 is 1.11 bits per heavy atom. The minimum atomic E-state index is -1.02. The van der Waals surface area contributed by atoms with Crippen LogP contribution in [0.5, 0.6) is 0 Å². The molecule has 1 N–H and O–H groups in total. The summed E-state index contributed by atoms with van der Waals surface area (Å²) in [5.41, 5.74) is 0.485. The van der Waals surface area contributed by atoms with Gasteiger partial charge in [-0.1, -0.05) is 11.6 Å². The molecule has 0 atom stereocenters. The second-order valence-electron chi connectivity index (χ2n) is 3.75. The molecule has 0 aliphatic rings. The first-order chi connectivity index (χ1) is 8.97. The first kappa shape index (κ1) is 13.8. The fraction of sp³-hybridized carbons (Fsp3) is 0. The van der Waals surface area contributed by atoms with E-state index in [1.54, 1.807) is 0 Å². The number of hydrogen-bond donors (Lipinski definition) is 2. The molecule has 0 aromatic heterocycles. The van der Waals surface area contributed by atoms with E-state index in [1.165, 1.54) is 24.3 Å². The second kappa shape index (κ2) is 5.59. The molecule has 6 heteroatoms. The van der Waals surface area contributed by atoms with Gasteiger partial charge in [0.25, 0.3) is 5.91 Å². The lowest BCUT2D eigenvalue weighted by Crippen LogP contribution is -2.12. The Morgan fingerprint density at radius 2 is 1.84 bits per heavy atom. The normalized spacial score (nSPS) is 10.3. The number of rotatable bonds is 2. The summed E-state index contributed by atoms with van der Waals surface area (Å²) in [5, 5.41) is 2.87. The van der Waals surface area contributed by atoms with E-state index in [9.17, 15) is 13.6 Å². The number of carbonyl (C=O) groups excluding carboxylic acids is 1. The smallest absolute Gasteiger partial charge is 0.255 e. The van der Waals surface area contributed by atoms with Gasteiger partial charge in [0, 0.05) is 22.2 Å². The third-order valence-electron chi connectivity index (χ3n) is 2.39. The zero-order valence-electron chi connectivity index (χ0n) is 9.45. The number of thiol groups is 1. The van der Waals surface area contributed by atoms with Crippen LogP contribution in [0, 0.1) is 11.6 Å². The summed E-state index contributed by atoms with van der Waals surface area (Å²) in [6, 6.07) is 7.65. The van der Waals surface area contributed by atoms with E-state index in [2.05, 4.69) is 17.9 Å². The Hall–Kier alpha value is -1.59. The number of halogens is 3. The molecule has 2 aromatic rings. The molecular formula is C13H8ClF2NOS. The lowest BCUT2D eigenvalue weighted by Gasteiger charge is -2.06. The molecule has 0 bridgehead atoms. The summed E-state index contributed by atoms with van der Waals surface area (Å²) in [6.45, 7) is 0. The largest absolute Gasteiger partial charge is 0.322 e. The molecule has 0 saturated carbocycles. The highest BCUT2D eigenvalue weighted by Crippen LogP contribution is 2.22. The Balaban J connectivity index is 2.20. The van der Waals surface area contributed by atoms with Crippen LogP contribution in [0.15, 0.2) is 41.3 Å². The van der Waals surface area contributed by atoms with Crippen LogP contribution < -0.4 is 5.32 Å². The molecule has 0 spiro atoms. The van der Waals surface area contributed by atoms with E-state index in [4.69, 9.17) is 11.6 Å². The Bertz CT molecular complexity index is 649. The maximum absolute atomic E-state index is 13.0. The minimum Gasteiger partial charge on any atom is -0.322 e. The lowest BCUT2D eigenvalue weighted by molar-refractivity contribution is 0.102. The number of anilines is 1. The van der Waals surface area contributed by atoms with Crippen molar-refractivity contribution in [3.05, 3.63) is 58.6 Å². The second-order valence-corrected chi connectivity index (χ2v) is 4.64. The zero-order chi connectivity index (χ0) is 14.0. The van der Waals surface area contributed by atoms with Crippen molar-refractivity contribution < 1.29 is 13.6 Å². The van der Waals surface area contributed by atoms with Crippen LogP contribution in [0.1, 0.15) is 10.4 Å². The van der Waals surface area contributed by atoms with Crippen molar-refractivity contribution in [3.63, 3.8) is 0 Å². The summed E-state index contributed by atoms with van der Waals surface area (Å²) in [7, 11) is 0. The molecule has 0 aliphatic carbocycles. The van der Waals surface area contributed by atoms with Gasteiger partial charge in [-0.3, -0.25) is 4.79 Å². The molecule has 0 radical (unpaired) electrons. The van der Waals surface area contributed by atoms with Gasteiger partial charge in [-0.05, 0) is 30.3 Å². The number of benzene rings is 2. The zero-order valence-corrected chi connectivity index (χ0v) is 11.1. The predicted molar refractivity (Wildman–Crippen MR) is 73.0 cm³/mol. The number of hydrogen-bond acceptors (Lipinski definition) is 2. The summed E-state index contributed by atoms with van der Waals surface area (Å²) in [5.74, 6) is -2.45. The van der Waals surface area contributed by atoms with E-state index in [1.807, 2.05) is 0 Å². The summed E-state index contributed by atoms with van der Waals surface area (Å²) in [6.07, 6.45) is 0. The lowest BCUT2D eigenvalue weighted by atomic mass is 10.2. The van der Waals surface area contributed by atoms with Gasteiger partial charge in [0.2, 0.25) is 0 Å². The molecule has 1 amide bonds. The average molecular weight is 300 g/mol. The topological polar surface area (TPSA) is 29.1 Å². The molecule has 0 aliphatic heterocycles. The van der Waals surface area contributed by atoms with Crippen LogP contribution in [0.3, 0.4) is 0 Å². The first-order valence-electron chi connectivity index (χ1n) is 5.22. The van der Waals surface area contributed by atoms with Crippen molar-refractivity contribution in [2.75, 3.05) is 5.32 Å². The summed E-state index contributed by atoms with van der Waals surface area (Å²) in [4.78, 5) is 12.3. The van der Waals surface area contributed by atoms with Crippen LogP contribution in [-0.4, -0.2) is 5.91 Å². The van der Waals surface area contributed by atoms with Gasteiger partial charge in [-0.25, -0.2) is 8.78 Å². The highest BCUT2D eigenvalue weighted by Gasteiger charge is 2.09. The highest BCUT2D eigenvalue weighted by atomic mass is 35.5. The molecular weight excluding hydrogens is 292 g/mol. The molecule has 0 heterocycles. The van der Waals surface area contributed by atoms with Crippen LogP contribution in [0.2, 0.25) is 5.02 Å². The Kier molecular flexibility index (Phi) is 4.07. The first-order valence-corrected chi connectivity index (χ1v) is 6.05. The number of nitrogens with one attached hydrogen (secondary N) is 1. The third-order valence-corrected chi connectivity index (χ3v) is 3.22. The standard InChI is InChI=1S/C13H8ClF2NOS/c14-9-3-1-7(5-12(9)19)13(18)17-8-2-4-10(15)11(16)6-8/h1-6,19H,(H,17,18). The van der Waals surface area contributed by atoms with Crippen molar-refractivity contribution in [1.29, 1.82) is 0 Å². The molecule has 0 fully saturated rings. The molecule has 2 aromatic carbocycles. The van der Waals surface area contributed by atoms with Crippen LogP contribution in [0.25, 0.3) is 0 Å². The fourth-order valence-corrected chi connectivity index (χ4v) is 1.76. The molecule has 2 rings (SSSR count). The Labute approximate surface area is 118 Å². The fourth-order valence-electron chi connectivity index (χ4n) is 1.43. The number of amides is 1. The maximum Gasteiger partial charge on any atom is 0.255 e. The van der Waals surface area contributed by atoms with E-state index >= 15 is 0 Å². The van der Waals surface area contributed by atoms with Gasteiger partial charge < -0.3 is 5.32 Å². The van der Waals surface area contributed by atoms with E-state index in [0.717, 1.165) is 12.1 Å². The highest BCUT2D eigenvalue weighted by molar-refractivity contribution is 7.80. The molecule has 0 saturated heterocycles. The van der Waals surface area contributed by atoms with Crippen molar-refractivity contribution in [2.45, 2.75) is 4.90 Å². The van der Waals surface area contributed by atoms with Crippen molar-refractivity contribution in [1.82, 2.24) is 0 Å². The summed E-state index contributed by atoms with van der Waals surface area (Å²) >= 11 is 9.88. The van der Waals surface area contributed by atoms with Crippen LogP contribution in [0.4, 0.5) is 14.5 Å². The number of carbonyl (C=O) groups is 1. The SMILES string of the molecule is O=C(Nc1ccc(F)c(F)c1)c1ccc(Cl)c(S)c1. The maximum atomic E-state index is 13.0. The molecule has 0 unspecified atom stereocenters. The van der Waals surface area contributed by atoms with Crippen LogP contribution >= 0.6 is 24.2 Å². The third kappa shape index (κ3) is 3.24. The van der Waals surface area contributed by atoms with E-state index in [-0.39, 0.29) is 5.69 Å². The molecule has 19 heavy (non-hydrogen) atoms. The Morgan fingerprint density at radius 3 is 2.47 bits per heavy atom.